The molecular weight excluding hydrogens is 270 g/mol. The molecule has 3 rings (SSSR count). The number of nitrogens with zero attached hydrogens (tertiary/aromatic N) is 2. The molecule has 2 aromatic rings. The minimum atomic E-state index is 0.0501. The molecule has 1 atom stereocenters. The van der Waals surface area contributed by atoms with Crippen molar-refractivity contribution in [3.05, 3.63) is 39.6 Å². The Morgan fingerprint density at radius 2 is 2.45 bits per heavy atom. The highest BCUT2D eigenvalue weighted by Gasteiger charge is 2.26. The summed E-state index contributed by atoms with van der Waals surface area (Å²) in [5.74, 6) is 0.432. The molecule has 0 saturated carbocycles. The van der Waals surface area contributed by atoms with Crippen molar-refractivity contribution >= 4 is 17.2 Å². The van der Waals surface area contributed by atoms with Crippen molar-refractivity contribution < 1.29 is 4.79 Å². The third-order valence-corrected chi connectivity index (χ3v) is 4.89. The Kier molecular flexibility index (Phi) is 3.61. The van der Waals surface area contributed by atoms with E-state index in [4.69, 9.17) is 0 Å². The highest BCUT2D eigenvalue weighted by Crippen LogP contribution is 2.35. The van der Waals surface area contributed by atoms with Gasteiger partial charge in [0.2, 0.25) is 0 Å². The molecule has 106 valence electrons. The quantitative estimate of drug-likeness (QED) is 0.944. The fourth-order valence-corrected chi connectivity index (χ4v) is 3.95. The van der Waals surface area contributed by atoms with Crippen molar-refractivity contribution in [3.63, 3.8) is 0 Å². The van der Waals surface area contributed by atoms with E-state index in [2.05, 4.69) is 16.9 Å². The molecule has 0 radical (unpaired) electrons. The summed E-state index contributed by atoms with van der Waals surface area (Å²) in [6.07, 6.45) is 5.25. The molecule has 5 heteroatoms. The smallest absolute Gasteiger partial charge is 0.270 e. The molecule has 0 saturated heterocycles. The molecule has 1 aliphatic rings. The zero-order valence-electron chi connectivity index (χ0n) is 11.8. The molecule has 0 aliphatic heterocycles. The lowest BCUT2D eigenvalue weighted by atomic mass is 9.90. The summed E-state index contributed by atoms with van der Waals surface area (Å²) in [5, 5.41) is 1.14. The van der Waals surface area contributed by atoms with Gasteiger partial charge in [-0.3, -0.25) is 4.79 Å². The molecule has 0 aromatic carbocycles. The second-order valence-electron chi connectivity index (χ2n) is 5.40. The van der Waals surface area contributed by atoms with E-state index in [1.54, 1.807) is 22.4 Å². The van der Waals surface area contributed by atoms with Crippen LogP contribution in [0.1, 0.15) is 44.8 Å². The van der Waals surface area contributed by atoms with Crippen LogP contribution in [0.15, 0.2) is 18.3 Å². The van der Waals surface area contributed by atoms with Crippen LogP contribution in [0.3, 0.4) is 0 Å². The van der Waals surface area contributed by atoms with Gasteiger partial charge in [-0.1, -0.05) is 0 Å². The predicted octanol–water partition coefficient (Wildman–Crippen LogP) is 2.97. The number of aryl methyl sites for hydroxylation is 2. The van der Waals surface area contributed by atoms with Crippen LogP contribution in [0.5, 0.6) is 0 Å². The number of H-pyrrole nitrogens is 1. The lowest BCUT2D eigenvalue weighted by Crippen LogP contribution is -2.32. The summed E-state index contributed by atoms with van der Waals surface area (Å²) in [6.45, 7) is 2.81. The minimum absolute atomic E-state index is 0.0501. The SMILES string of the molecule is Cc1nc2c(s1)CCC[C@H]2CN(C)C(=O)c1ccc[nH]1. The second kappa shape index (κ2) is 5.40. The number of carbonyl (C=O) groups is 1. The van der Waals surface area contributed by atoms with Crippen LogP contribution in [0.2, 0.25) is 0 Å². The molecule has 2 aromatic heterocycles. The van der Waals surface area contributed by atoms with Crippen molar-refractivity contribution in [1.29, 1.82) is 0 Å². The van der Waals surface area contributed by atoms with Gasteiger partial charge in [0.05, 0.1) is 10.7 Å². The van der Waals surface area contributed by atoms with Crippen molar-refractivity contribution in [2.24, 2.45) is 0 Å². The van der Waals surface area contributed by atoms with Gasteiger partial charge in [0.15, 0.2) is 0 Å². The Morgan fingerprint density at radius 1 is 1.60 bits per heavy atom. The maximum atomic E-state index is 12.3. The molecule has 2 heterocycles. The van der Waals surface area contributed by atoms with Crippen molar-refractivity contribution in [3.8, 4) is 0 Å². The molecule has 0 bridgehead atoms. The first-order valence-electron chi connectivity index (χ1n) is 7.00. The lowest BCUT2D eigenvalue weighted by Gasteiger charge is -2.26. The average molecular weight is 289 g/mol. The first-order chi connectivity index (χ1) is 9.65. The molecule has 1 amide bonds. The maximum Gasteiger partial charge on any atom is 0.270 e. The number of hydrogen-bond donors (Lipinski definition) is 1. The Bertz CT molecular complexity index is 603. The van der Waals surface area contributed by atoms with Crippen LogP contribution >= 0.6 is 11.3 Å². The summed E-state index contributed by atoms with van der Waals surface area (Å²) in [6, 6.07) is 3.67. The summed E-state index contributed by atoms with van der Waals surface area (Å²) < 4.78 is 0. The number of rotatable bonds is 3. The monoisotopic (exact) mass is 289 g/mol. The summed E-state index contributed by atoms with van der Waals surface area (Å²) in [7, 11) is 1.87. The lowest BCUT2D eigenvalue weighted by molar-refractivity contribution is 0.0778. The molecular formula is C15H19N3OS. The molecule has 1 aliphatic carbocycles. The van der Waals surface area contributed by atoms with E-state index >= 15 is 0 Å². The number of thiazole rings is 1. The predicted molar refractivity (Wildman–Crippen MR) is 80.3 cm³/mol. The van der Waals surface area contributed by atoms with Gasteiger partial charge in [0, 0.05) is 30.6 Å². The van der Waals surface area contributed by atoms with Crippen LogP contribution in [-0.2, 0) is 6.42 Å². The fraction of sp³-hybridized carbons (Fsp3) is 0.467. The zero-order valence-corrected chi connectivity index (χ0v) is 12.7. The molecule has 1 N–H and O–H groups in total. The van der Waals surface area contributed by atoms with Gasteiger partial charge < -0.3 is 9.88 Å². The molecule has 4 nitrogen and oxygen atoms in total. The normalized spacial score (nSPS) is 17.8. The summed E-state index contributed by atoms with van der Waals surface area (Å²) >= 11 is 1.81. The first kappa shape index (κ1) is 13.4. The highest BCUT2D eigenvalue weighted by molar-refractivity contribution is 7.11. The highest BCUT2D eigenvalue weighted by atomic mass is 32.1. The van der Waals surface area contributed by atoms with E-state index in [9.17, 15) is 4.79 Å². The van der Waals surface area contributed by atoms with Crippen LogP contribution in [0, 0.1) is 6.92 Å². The van der Waals surface area contributed by atoms with Gasteiger partial charge >= 0.3 is 0 Å². The number of hydrogen-bond acceptors (Lipinski definition) is 3. The number of aromatic nitrogens is 2. The standard InChI is InChI=1S/C15H19N3OS/c1-10-17-14-11(5-3-7-13(14)20-10)9-18(2)15(19)12-6-4-8-16-12/h4,6,8,11,16H,3,5,7,9H2,1-2H3/t11-/m0/s1. The van der Waals surface area contributed by atoms with Gasteiger partial charge in [-0.25, -0.2) is 4.98 Å². The fourth-order valence-electron chi connectivity index (χ4n) is 2.89. The Hall–Kier alpha value is -1.62. The number of nitrogens with one attached hydrogen (secondary N) is 1. The van der Waals surface area contributed by atoms with E-state index in [0.717, 1.165) is 24.4 Å². The molecule has 0 fully saturated rings. The number of fused-ring (bicyclic) bond motifs is 1. The van der Waals surface area contributed by atoms with Crippen molar-refractivity contribution in [2.45, 2.75) is 32.1 Å². The molecule has 0 spiro atoms. The van der Waals surface area contributed by atoms with Crippen molar-refractivity contribution in [1.82, 2.24) is 14.9 Å². The number of amides is 1. The Morgan fingerprint density at radius 3 is 3.20 bits per heavy atom. The molecule has 0 unspecified atom stereocenters. The van der Waals surface area contributed by atoms with Crippen molar-refractivity contribution in [2.75, 3.05) is 13.6 Å². The van der Waals surface area contributed by atoms with Crippen LogP contribution < -0.4 is 0 Å². The first-order valence-corrected chi connectivity index (χ1v) is 7.82. The maximum absolute atomic E-state index is 12.3. The van der Waals surface area contributed by atoms with Gasteiger partial charge in [0.25, 0.3) is 5.91 Å². The Labute approximate surface area is 122 Å². The van der Waals surface area contributed by atoms with Gasteiger partial charge in [-0.05, 0) is 38.3 Å². The van der Waals surface area contributed by atoms with E-state index in [1.807, 2.05) is 19.2 Å². The third kappa shape index (κ3) is 2.50. The molecule has 20 heavy (non-hydrogen) atoms. The summed E-state index contributed by atoms with van der Waals surface area (Å²) in [5.41, 5.74) is 1.88. The van der Waals surface area contributed by atoms with Gasteiger partial charge in [-0.2, -0.15) is 0 Å². The number of aromatic amines is 1. The largest absolute Gasteiger partial charge is 0.357 e. The van der Waals surface area contributed by atoms with Crippen LogP contribution in [0.4, 0.5) is 0 Å². The van der Waals surface area contributed by atoms with Gasteiger partial charge in [0.1, 0.15) is 5.69 Å². The van der Waals surface area contributed by atoms with E-state index in [-0.39, 0.29) is 5.91 Å². The van der Waals surface area contributed by atoms with Crippen LogP contribution in [0.25, 0.3) is 0 Å². The second-order valence-corrected chi connectivity index (χ2v) is 6.69. The van der Waals surface area contributed by atoms with Gasteiger partial charge in [-0.15, -0.1) is 11.3 Å². The third-order valence-electron chi connectivity index (χ3n) is 3.85. The minimum Gasteiger partial charge on any atom is -0.357 e. The number of carbonyl (C=O) groups excluding carboxylic acids is 1. The topological polar surface area (TPSA) is 49.0 Å². The van der Waals surface area contributed by atoms with E-state index in [0.29, 0.717) is 11.6 Å². The Balaban J connectivity index is 1.74. The number of likely N-dealkylation sites (N-methyl/N-ethyl adjacent to an activating group) is 1. The zero-order chi connectivity index (χ0) is 14.1. The van der Waals surface area contributed by atoms with E-state index in [1.165, 1.54) is 17.0 Å². The van der Waals surface area contributed by atoms with Crippen LogP contribution in [-0.4, -0.2) is 34.4 Å². The summed E-state index contributed by atoms with van der Waals surface area (Å²) in [4.78, 5) is 23.1. The van der Waals surface area contributed by atoms with E-state index < -0.39 is 0 Å². The average Bonchev–Trinajstić information content (AvgIpc) is 3.06.